The fourth-order valence-electron chi connectivity index (χ4n) is 2.52. The molecule has 0 aromatic heterocycles. The molecule has 2 aromatic carbocycles. The molecule has 2 rings (SSSR count). The highest BCUT2D eigenvalue weighted by Gasteiger charge is 2.24. The summed E-state index contributed by atoms with van der Waals surface area (Å²) in [4.78, 5) is 14.1. The lowest BCUT2D eigenvalue weighted by molar-refractivity contribution is -0.131. The molecule has 27 heavy (non-hydrogen) atoms. The van der Waals surface area contributed by atoms with Crippen molar-refractivity contribution in [3.05, 3.63) is 54.1 Å². The van der Waals surface area contributed by atoms with Gasteiger partial charge in [-0.05, 0) is 48.9 Å². The van der Waals surface area contributed by atoms with Crippen molar-refractivity contribution in [2.75, 3.05) is 21.3 Å². The Kier molecular flexibility index (Phi) is 6.81. The van der Waals surface area contributed by atoms with Crippen LogP contribution in [0.5, 0.6) is 11.5 Å². The average molecular weight is 392 g/mol. The van der Waals surface area contributed by atoms with Gasteiger partial charge in [-0.1, -0.05) is 12.1 Å². The van der Waals surface area contributed by atoms with Crippen molar-refractivity contribution < 1.29 is 22.7 Å². The second-order valence-electron chi connectivity index (χ2n) is 6.06. The van der Waals surface area contributed by atoms with Crippen LogP contribution in [-0.4, -0.2) is 46.5 Å². The third kappa shape index (κ3) is 5.45. The Morgan fingerprint density at radius 3 is 1.96 bits per heavy atom. The minimum Gasteiger partial charge on any atom is -0.497 e. The summed E-state index contributed by atoms with van der Waals surface area (Å²) in [6, 6.07) is 12.4. The molecule has 7 nitrogen and oxygen atoms in total. The molecule has 0 saturated heterocycles. The quantitative estimate of drug-likeness (QED) is 0.743. The van der Waals surface area contributed by atoms with Crippen molar-refractivity contribution in [1.29, 1.82) is 0 Å². The van der Waals surface area contributed by atoms with E-state index in [9.17, 15) is 13.2 Å². The molecule has 8 heteroatoms. The first-order chi connectivity index (χ1) is 12.8. The van der Waals surface area contributed by atoms with Crippen LogP contribution in [0.25, 0.3) is 0 Å². The lowest BCUT2D eigenvalue weighted by Crippen LogP contribution is -2.45. The van der Waals surface area contributed by atoms with Gasteiger partial charge in [0.2, 0.25) is 15.9 Å². The number of rotatable bonds is 8. The molecule has 0 aliphatic rings. The fourth-order valence-corrected chi connectivity index (χ4v) is 3.72. The number of carbonyl (C=O) groups excluding carboxylic acids is 1. The SMILES string of the molecule is COc1ccc(CN(C)C(=O)[C@H](C)NS(=O)(=O)c2ccc(OC)cc2)cc1. The number of hydrogen-bond donors (Lipinski definition) is 1. The van der Waals surface area contributed by atoms with E-state index in [2.05, 4.69) is 4.72 Å². The Hall–Kier alpha value is -2.58. The van der Waals surface area contributed by atoms with E-state index in [1.807, 2.05) is 24.3 Å². The number of carbonyl (C=O) groups is 1. The number of nitrogens with zero attached hydrogens (tertiary/aromatic N) is 1. The normalized spacial score (nSPS) is 12.3. The van der Waals surface area contributed by atoms with Gasteiger partial charge >= 0.3 is 0 Å². The summed E-state index contributed by atoms with van der Waals surface area (Å²) in [7, 11) is 0.901. The maximum Gasteiger partial charge on any atom is 0.241 e. The molecule has 0 aliphatic carbocycles. The molecule has 0 heterocycles. The molecule has 0 fully saturated rings. The van der Waals surface area contributed by atoms with E-state index in [1.54, 1.807) is 26.3 Å². The van der Waals surface area contributed by atoms with Crippen LogP contribution in [-0.2, 0) is 21.4 Å². The van der Waals surface area contributed by atoms with E-state index in [1.165, 1.54) is 31.1 Å². The van der Waals surface area contributed by atoms with Gasteiger partial charge in [0.15, 0.2) is 0 Å². The van der Waals surface area contributed by atoms with E-state index in [-0.39, 0.29) is 10.8 Å². The lowest BCUT2D eigenvalue weighted by Gasteiger charge is -2.22. The number of benzene rings is 2. The van der Waals surface area contributed by atoms with Crippen molar-refractivity contribution in [3.63, 3.8) is 0 Å². The molecule has 1 N–H and O–H groups in total. The average Bonchev–Trinajstić information content (AvgIpc) is 2.67. The highest BCUT2D eigenvalue weighted by Crippen LogP contribution is 2.16. The fraction of sp³-hybridized carbons (Fsp3) is 0.316. The van der Waals surface area contributed by atoms with Gasteiger partial charge in [-0.2, -0.15) is 4.72 Å². The molecule has 0 radical (unpaired) electrons. The predicted octanol–water partition coefficient (Wildman–Crippen LogP) is 2.03. The molecule has 1 atom stereocenters. The zero-order valence-corrected chi connectivity index (χ0v) is 16.6. The third-order valence-electron chi connectivity index (χ3n) is 4.03. The molecule has 0 aliphatic heterocycles. The van der Waals surface area contributed by atoms with Crippen LogP contribution in [0.3, 0.4) is 0 Å². The Bertz CT molecular complexity index is 864. The highest BCUT2D eigenvalue weighted by atomic mass is 32.2. The zero-order valence-electron chi connectivity index (χ0n) is 15.8. The van der Waals surface area contributed by atoms with E-state index < -0.39 is 16.1 Å². The molecule has 0 bridgehead atoms. The summed E-state index contributed by atoms with van der Waals surface area (Å²) in [6.45, 7) is 1.88. The summed E-state index contributed by atoms with van der Waals surface area (Å²) in [5.41, 5.74) is 0.914. The number of likely N-dealkylation sites (N-methyl/N-ethyl adjacent to an activating group) is 1. The molecular formula is C19H24N2O5S. The Morgan fingerprint density at radius 2 is 1.48 bits per heavy atom. The smallest absolute Gasteiger partial charge is 0.241 e. The van der Waals surface area contributed by atoms with E-state index in [4.69, 9.17) is 9.47 Å². The number of sulfonamides is 1. The zero-order chi connectivity index (χ0) is 20.0. The molecular weight excluding hydrogens is 368 g/mol. The second kappa shape index (κ2) is 8.88. The van der Waals surface area contributed by atoms with Crippen LogP contribution in [0, 0.1) is 0 Å². The molecule has 1 amide bonds. The maximum atomic E-state index is 12.5. The Balaban J connectivity index is 2.01. The van der Waals surface area contributed by atoms with Crippen LogP contribution in [0.15, 0.2) is 53.4 Å². The molecule has 0 saturated carbocycles. The monoisotopic (exact) mass is 392 g/mol. The van der Waals surface area contributed by atoms with Crippen LogP contribution in [0.1, 0.15) is 12.5 Å². The lowest BCUT2D eigenvalue weighted by atomic mass is 10.2. The molecule has 146 valence electrons. The maximum absolute atomic E-state index is 12.5. The highest BCUT2D eigenvalue weighted by molar-refractivity contribution is 7.89. The van der Waals surface area contributed by atoms with Gasteiger partial charge in [-0.25, -0.2) is 8.42 Å². The first-order valence-electron chi connectivity index (χ1n) is 8.31. The Morgan fingerprint density at radius 1 is 1.00 bits per heavy atom. The van der Waals surface area contributed by atoms with E-state index in [0.717, 1.165) is 11.3 Å². The van der Waals surface area contributed by atoms with Crippen molar-refractivity contribution in [3.8, 4) is 11.5 Å². The number of ether oxygens (including phenoxy) is 2. The summed E-state index contributed by atoms with van der Waals surface area (Å²) >= 11 is 0. The van der Waals surface area contributed by atoms with Crippen LogP contribution in [0.2, 0.25) is 0 Å². The summed E-state index contributed by atoms with van der Waals surface area (Å²) in [5.74, 6) is 0.952. The van der Waals surface area contributed by atoms with E-state index in [0.29, 0.717) is 12.3 Å². The predicted molar refractivity (Wildman–Crippen MR) is 102 cm³/mol. The van der Waals surface area contributed by atoms with Crippen molar-refractivity contribution in [2.24, 2.45) is 0 Å². The van der Waals surface area contributed by atoms with Crippen molar-refractivity contribution in [2.45, 2.75) is 24.4 Å². The largest absolute Gasteiger partial charge is 0.497 e. The third-order valence-corrected chi connectivity index (χ3v) is 5.58. The minimum atomic E-state index is -3.81. The standard InChI is InChI=1S/C19H24N2O5S/c1-14(20-27(23,24)18-11-9-17(26-4)10-12-18)19(22)21(2)13-15-5-7-16(25-3)8-6-15/h5-12,14,20H,13H2,1-4H3/t14-/m0/s1. The van der Waals surface area contributed by atoms with Gasteiger partial charge in [0.05, 0.1) is 25.2 Å². The number of methoxy groups -OCH3 is 2. The van der Waals surface area contributed by atoms with Gasteiger partial charge < -0.3 is 14.4 Å². The number of hydrogen-bond acceptors (Lipinski definition) is 5. The summed E-state index contributed by atoms with van der Waals surface area (Å²) in [6.07, 6.45) is 0. The molecule has 0 spiro atoms. The van der Waals surface area contributed by atoms with Gasteiger partial charge in [0.1, 0.15) is 11.5 Å². The first kappa shape index (κ1) is 20.7. The van der Waals surface area contributed by atoms with Gasteiger partial charge in [-0.15, -0.1) is 0 Å². The van der Waals surface area contributed by atoms with Crippen LogP contribution in [0.4, 0.5) is 0 Å². The van der Waals surface area contributed by atoms with E-state index >= 15 is 0 Å². The Labute approximate surface area is 160 Å². The van der Waals surface area contributed by atoms with Gasteiger partial charge in [0.25, 0.3) is 0 Å². The molecule has 2 aromatic rings. The first-order valence-corrected chi connectivity index (χ1v) is 9.79. The summed E-state index contributed by atoms with van der Waals surface area (Å²) in [5, 5.41) is 0. The topological polar surface area (TPSA) is 84.9 Å². The van der Waals surface area contributed by atoms with Crippen molar-refractivity contribution >= 4 is 15.9 Å². The van der Waals surface area contributed by atoms with Crippen molar-refractivity contribution in [1.82, 2.24) is 9.62 Å². The number of nitrogens with one attached hydrogen (secondary N) is 1. The molecule has 0 unspecified atom stereocenters. The summed E-state index contributed by atoms with van der Waals surface area (Å²) < 4.78 is 37.5. The second-order valence-corrected chi connectivity index (χ2v) is 7.77. The van der Waals surface area contributed by atoms with Crippen LogP contribution >= 0.6 is 0 Å². The number of amides is 1. The van der Waals surface area contributed by atoms with Gasteiger partial charge in [0, 0.05) is 13.6 Å². The minimum absolute atomic E-state index is 0.0701. The van der Waals surface area contributed by atoms with Crippen LogP contribution < -0.4 is 14.2 Å². The van der Waals surface area contributed by atoms with Gasteiger partial charge in [-0.3, -0.25) is 4.79 Å².